The summed E-state index contributed by atoms with van der Waals surface area (Å²) in [5.41, 5.74) is 0.565. The summed E-state index contributed by atoms with van der Waals surface area (Å²) in [6.45, 7) is 2.18. The summed E-state index contributed by atoms with van der Waals surface area (Å²) in [6, 6.07) is 5.20. The number of rotatable bonds is 4. The zero-order chi connectivity index (χ0) is 13.8. The van der Waals surface area contributed by atoms with E-state index in [4.69, 9.17) is 16.1 Å². The average molecular weight is 392 g/mol. The predicted molar refractivity (Wildman–Crippen MR) is 79.2 cm³/mol. The zero-order valence-electron chi connectivity index (χ0n) is 10.1. The Morgan fingerprint density at radius 2 is 2.32 bits per heavy atom. The molecule has 1 aromatic heterocycles. The highest BCUT2D eigenvalue weighted by atomic mass is 127. The van der Waals surface area contributed by atoms with Crippen molar-refractivity contribution in [2.24, 2.45) is 0 Å². The Morgan fingerprint density at radius 1 is 1.53 bits per heavy atom. The molecule has 0 aliphatic carbocycles. The quantitative estimate of drug-likeness (QED) is 0.814. The van der Waals surface area contributed by atoms with E-state index in [2.05, 4.69) is 38.0 Å². The van der Waals surface area contributed by atoms with Gasteiger partial charge >= 0.3 is 0 Å². The van der Waals surface area contributed by atoms with Crippen LogP contribution in [0.15, 0.2) is 22.7 Å². The van der Waals surface area contributed by atoms with Crippen molar-refractivity contribution in [1.29, 1.82) is 0 Å². The van der Waals surface area contributed by atoms with Crippen LogP contribution in [0.1, 0.15) is 22.1 Å². The second-order valence-electron chi connectivity index (χ2n) is 3.87. The summed E-state index contributed by atoms with van der Waals surface area (Å²) in [4.78, 5) is 16.0. The molecule has 1 aromatic carbocycles. The van der Waals surface area contributed by atoms with E-state index >= 15 is 0 Å². The van der Waals surface area contributed by atoms with Gasteiger partial charge in [-0.25, -0.2) is 0 Å². The number of hydrogen-bond acceptors (Lipinski definition) is 4. The lowest BCUT2D eigenvalue weighted by molar-refractivity contribution is 0.0952. The van der Waals surface area contributed by atoms with Gasteiger partial charge in [0.15, 0.2) is 5.82 Å². The van der Waals surface area contributed by atoms with Crippen molar-refractivity contribution in [3.63, 3.8) is 0 Å². The number of amides is 1. The Hall–Kier alpha value is -1.15. The first kappa shape index (κ1) is 14.3. The molecule has 7 heteroatoms. The van der Waals surface area contributed by atoms with Gasteiger partial charge in [0.2, 0.25) is 5.89 Å². The van der Waals surface area contributed by atoms with Crippen molar-refractivity contribution < 1.29 is 9.32 Å². The molecule has 1 amide bonds. The molecule has 2 rings (SSSR count). The minimum Gasteiger partial charge on any atom is -0.351 e. The number of nitrogens with zero attached hydrogens (tertiary/aromatic N) is 2. The predicted octanol–water partition coefficient (Wildman–Crippen LogP) is 2.61. The highest BCUT2D eigenvalue weighted by Crippen LogP contribution is 2.17. The van der Waals surface area contributed by atoms with E-state index < -0.39 is 0 Å². The van der Waals surface area contributed by atoms with E-state index in [-0.39, 0.29) is 5.91 Å². The molecule has 5 nitrogen and oxygen atoms in total. The Bertz CT molecular complexity index is 600. The third-order valence-corrected chi connectivity index (χ3v) is 3.54. The summed E-state index contributed by atoms with van der Waals surface area (Å²) < 4.78 is 5.81. The van der Waals surface area contributed by atoms with Crippen molar-refractivity contribution in [3.05, 3.63) is 44.1 Å². The average Bonchev–Trinajstić information content (AvgIpc) is 2.78. The topological polar surface area (TPSA) is 68.0 Å². The number of aromatic nitrogens is 2. The Morgan fingerprint density at radius 3 is 3.00 bits per heavy atom. The Kier molecular flexibility index (Phi) is 4.76. The van der Waals surface area contributed by atoms with Gasteiger partial charge in [0.1, 0.15) is 0 Å². The third kappa shape index (κ3) is 3.90. The molecule has 19 heavy (non-hydrogen) atoms. The van der Waals surface area contributed by atoms with Crippen LogP contribution in [0.25, 0.3) is 0 Å². The fourth-order valence-corrected chi connectivity index (χ4v) is 2.24. The van der Waals surface area contributed by atoms with Crippen LogP contribution in [0.4, 0.5) is 0 Å². The lowest BCUT2D eigenvalue weighted by Crippen LogP contribution is -2.26. The van der Waals surface area contributed by atoms with E-state index in [1.165, 1.54) is 0 Å². The molecule has 1 heterocycles. The maximum Gasteiger partial charge on any atom is 0.252 e. The number of hydrogen-bond donors (Lipinski definition) is 1. The Labute approximate surface area is 128 Å². The van der Waals surface area contributed by atoms with Gasteiger partial charge < -0.3 is 9.84 Å². The summed E-state index contributed by atoms with van der Waals surface area (Å²) in [6.07, 6.45) is 0.504. The van der Waals surface area contributed by atoms with Crippen molar-refractivity contribution in [3.8, 4) is 0 Å². The molecular formula is C12H11ClIN3O2. The molecule has 2 aromatic rings. The molecule has 0 radical (unpaired) electrons. The van der Waals surface area contributed by atoms with Gasteiger partial charge in [0.25, 0.3) is 5.91 Å². The summed E-state index contributed by atoms with van der Waals surface area (Å²) in [5.74, 6) is 0.937. The molecule has 0 unspecified atom stereocenters. The van der Waals surface area contributed by atoms with Crippen molar-refractivity contribution in [1.82, 2.24) is 15.5 Å². The number of aryl methyl sites for hydroxylation is 1. The first-order chi connectivity index (χ1) is 9.06. The van der Waals surface area contributed by atoms with E-state index in [0.717, 1.165) is 3.57 Å². The summed E-state index contributed by atoms with van der Waals surface area (Å²) in [5, 5.41) is 7.02. The van der Waals surface area contributed by atoms with Crippen LogP contribution in [0.5, 0.6) is 0 Å². The van der Waals surface area contributed by atoms with Gasteiger partial charge in [-0.2, -0.15) is 4.98 Å². The second-order valence-corrected chi connectivity index (χ2v) is 5.46. The number of halogens is 2. The maximum atomic E-state index is 12.0. The number of carbonyl (C=O) groups is 1. The van der Waals surface area contributed by atoms with Crippen molar-refractivity contribution in [2.45, 2.75) is 13.3 Å². The van der Waals surface area contributed by atoms with Crippen LogP contribution in [-0.2, 0) is 6.42 Å². The van der Waals surface area contributed by atoms with Crippen LogP contribution in [-0.4, -0.2) is 22.6 Å². The molecule has 0 saturated heterocycles. The van der Waals surface area contributed by atoms with Gasteiger partial charge in [0, 0.05) is 21.6 Å². The van der Waals surface area contributed by atoms with Crippen molar-refractivity contribution >= 4 is 40.1 Å². The van der Waals surface area contributed by atoms with E-state index in [9.17, 15) is 4.79 Å². The van der Waals surface area contributed by atoms with E-state index in [1.54, 1.807) is 25.1 Å². The fraction of sp³-hybridized carbons (Fsp3) is 0.250. The monoisotopic (exact) mass is 391 g/mol. The first-order valence-corrected chi connectivity index (χ1v) is 7.04. The highest BCUT2D eigenvalue weighted by molar-refractivity contribution is 14.1. The molecule has 0 saturated carbocycles. The van der Waals surface area contributed by atoms with Gasteiger partial charge in [0.05, 0.1) is 5.56 Å². The van der Waals surface area contributed by atoms with E-state index in [0.29, 0.717) is 35.3 Å². The zero-order valence-corrected chi connectivity index (χ0v) is 13.0. The molecule has 100 valence electrons. The lowest BCUT2D eigenvalue weighted by atomic mass is 10.2. The smallest absolute Gasteiger partial charge is 0.252 e. The van der Waals surface area contributed by atoms with E-state index in [1.807, 2.05) is 0 Å². The van der Waals surface area contributed by atoms with Crippen LogP contribution in [0.2, 0.25) is 5.02 Å². The standard InChI is InChI=1S/C12H11ClIN3O2/c1-7-16-11(19-17-7)4-5-15-12(18)9-6-8(13)2-3-10(9)14/h2-3,6H,4-5H2,1H3,(H,15,18). The Balaban J connectivity index is 1.92. The molecule has 0 bridgehead atoms. The number of carbonyl (C=O) groups excluding carboxylic acids is 1. The lowest BCUT2D eigenvalue weighted by Gasteiger charge is -2.06. The molecule has 0 atom stereocenters. The minimum atomic E-state index is -0.164. The molecule has 0 spiro atoms. The first-order valence-electron chi connectivity index (χ1n) is 5.58. The van der Waals surface area contributed by atoms with Crippen LogP contribution >= 0.6 is 34.2 Å². The molecular weight excluding hydrogens is 381 g/mol. The van der Waals surface area contributed by atoms with Crippen molar-refractivity contribution in [2.75, 3.05) is 6.54 Å². The van der Waals surface area contributed by atoms with Crippen LogP contribution < -0.4 is 5.32 Å². The second kappa shape index (κ2) is 6.33. The maximum absolute atomic E-state index is 12.0. The molecule has 0 fully saturated rings. The largest absolute Gasteiger partial charge is 0.351 e. The third-order valence-electron chi connectivity index (χ3n) is 2.37. The van der Waals surface area contributed by atoms with Gasteiger partial charge in [-0.3, -0.25) is 4.79 Å². The molecule has 1 N–H and O–H groups in total. The molecule has 0 aliphatic rings. The van der Waals surface area contributed by atoms with Crippen LogP contribution in [0.3, 0.4) is 0 Å². The summed E-state index contributed by atoms with van der Waals surface area (Å²) in [7, 11) is 0. The number of benzene rings is 1. The minimum absolute atomic E-state index is 0.164. The highest BCUT2D eigenvalue weighted by Gasteiger charge is 2.11. The summed E-state index contributed by atoms with van der Waals surface area (Å²) >= 11 is 7.98. The van der Waals surface area contributed by atoms with Crippen LogP contribution in [0, 0.1) is 10.5 Å². The van der Waals surface area contributed by atoms with Gasteiger partial charge in [-0.1, -0.05) is 16.8 Å². The van der Waals surface area contributed by atoms with Gasteiger partial charge in [-0.15, -0.1) is 0 Å². The van der Waals surface area contributed by atoms with Gasteiger partial charge in [-0.05, 0) is 47.7 Å². The fourth-order valence-electron chi connectivity index (χ4n) is 1.49. The SMILES string of the molecule is Cc1noc(CCNC(=O)c2cc(Cl)ccc2I)n1. The number of nitrogens with one attached hydrogen (secondary N) is 1. The normalized spacial score (nSPS) is 10.5. The molecule has 0 aliphatic heterocycles.